The van der Waals surface area contributed by atoms with Crippen molar-refractivity contribution in [1.82, 2.24) is 0 Å². The van der Waals surface area contributed by atoms with Gasteiger partial charge in [-0.3, -0.25) is 0 Å². The largest absolute Gasteiger partial charge is 0.393 e. The summed E-state index contributed by atoms with van der Waals surface area (Å²) in [4.78, 5) is 0. The van der Waals surface area contributed by atoms with Gasteiger partial charge in [-0.15, -0.1) is 0 Å². The number of hydrogen-bond acceptors (Lipinski definition) is 3. The molecule has 0 heterocycles. The smallest absolute Gasteiger partial charge is 0.154 e. The van der Waals surface area contributed by atoms with Crippen LogP contribution in [0.15, 0.2) is 0 Å². The number of rotatable bonds is 8. The first kappa shape index (κ1) is 13.9. The molecule has 0 aromatic carbocycles. The minimum Gasteiger partial charge on any atom is -0.393 e. The van der Waals surface area contributed by atoms with E-state index < -0.39 is 6.29 Å². The normalized spacial score (nSPS) is 17.8. The summed E-state index contributed by atoms with van der Waals surface area (Å²) >= 11 is 0. The SMILES string of the molecule is CCC(O)C[C@H](C)CCO[C@H](O)CC. The Hall–Kier alpha value is -0.120. The zero-order chi connectivity index (χ0) is 11.0. The van der Waals surface area contributed by atoms with E-state index in [1.54, 1.807) is 0 Å². The van der Waals surface area contributed by atoms with E-state index in [0.717, 1.165) is 19.3 Å². The van der Waals surface area contributed by atoms with Crippen molar-refractivity contribution < 1.29 is 14.9 Å². The molecule has 3 heteroatoms. The highest BCUT2D eigenvalue weighted by atomic mass is 16.6. The second kappa shape index (κ2) is 8.21. The molecule has 0 saturated carbocycles. The summed E-state index contributed by atoms with van der Waals surface area (Å²) in [7, 11) is 0. The maximum absolute atomic E-state index is 9.39. The van der Waals surface area contributed by atoms with Crippen LogP contribution in [0.4, 0.5) is 0 Å². The van der Waals surface area contributed by atoms with E-state index in [0.29, 0.717) is 18.9 Å². The number of hydrogen-bond donors (Lipinski definition) is 2. The highest BCUT2D eigenvalue weighted by Gasteiger charge is 2.09. The van der Waals surface area contributed by atoms with Gasteiger partial charge < -0.3 is 14.9 Å². The third-order valence-electron chi connectivity index (χ3n) is 2.42. The maximum atomic E-state index is 9.39. The molecule has 0 aliphatic carbocycles. The van der Waals surface area contributed by atoms with Crippen LogP contribution in [0.2, 0.25) is 0 Å². The predicted octanol–water partition coefficient (Wildman–Crippen LogP) is 1.92. The minimum atomic E-state index is -0.627. The Balaban J connectivity index is 3.39. The Morgan fingerprint density at radius 2 is 1.79 bits per heavy atom. The summed E-state index contributed by atoms with van der Waals surface area (Å²) in [6.07, 6.45) is 2.34. The van der Waals surface area contributed by atoms with Crippen molar-refractivity contribution in [3.8, 4) is 0 Å². The van der Waals surface area contributed by atoms with Crippen LogP contribution in [-0.2, 0) is 4.74 Å². The Bertz CT molecular complexity index is 128. The van der Waals surface area contributed by atoms with Gasteiger partial charge >= 0.3 is 0 Å². The topological polar surface area (TPSA) is 49.7 Å². The van der Waals surface area contributed by atoms with Crippen molar-refractivity contribution in [2.45, 2.75) is 58.8 Å². The fourth-order valence-corrected chi connectivity index (χ4v) is 1.27. The highest BCUT2D eigenvalue weighted by Crippen LogP contribution is 2.12. The first-order valence-electron chi connectivity index (χ1n) is 5.57. The van der Waals surface area contributed by atoms with Gasteiger partial charge in [0.1, 0.15) is 0 Å². The van der Waals surface area contributed by atoms with Gasteiger partial charge in [-0.05, 0) is 31.6 Å². The van der Waals surface area contributed by atoms with Crippen molar-refractivity contribution in [2.75, 3.05) is 6.61 Å². The van der Waals surface area contributed by atoms with E-state index in [1.165, 1.54) is 0 Å². The second-order valence-corrected chi connectivity index (χ2v) is 3.93. The Labute approximate surface area is 87.1 Å². The molecular formula is C11H24O3. The maximum Gasteiger partial charge on any atom is 0.154 e. The van der Waals surface area contributed by atoms with E-state index in [-0.39, 0.29) is 6.10 Å². The molecule has 0 fully saturated rings. The van der Waals surface area contributed by atoms with Crippen LogP contribution in [0.3, 0.4) is 0 Å². The van der Waals surface area contributed by atoms with E-state index >= 15 is 0 Å². The van der Waals surface area contributed by atoms with Gasteiger partial charge in [0.15, 0.2) is 6.29 Å². The van der Waals surface area contributed by atoms with Gasteiger partial charge in [0.2, 0.25) is 0 Å². The molecule has 0 aromatic rings. The van der Waals surface area contributed by atoms with Gasteiger partial charge in [-0.1, -0.05) is 20.8 Å². The van der Waals surface area contributed by atoms with Crippen LogP contribution in [0.5, 0.6) is 0 Å². The van der Waals surface area contributed by atoms with Crippen LogP contribution in [-0.4, -0.2) is 29.2 Å². The lowest BCUT2D eigenvalue weighted by atomic mass is 9.99. The van der Waals surface area contributed by atoms with Gasteiger partial charge in [-0.25, -0.2) is 0 Å². The van der Waals surface area contributed by atoms with Crippen molar-refractivity contribution in [2.24, 2.45) is 5.92 Å². The summed E-state index contributed by atoms with van der Waals surface area (Å²) in [5.74, 6) is 0.453. The molecule has 0 radical (unpaired) electrons. The van der Waals surface area contributed by atoms with Crippen LogP contribution in [0.25, 0.3) is 0 Å². The van der Waals surface area contributed by atoms with Gasteiger partial charge in [0, 0.05) is 6.61 Å². The summed E-state index contributed by atoms with van der Waals surface area (Å²) < 4.78 is 5.15. The molecule has 2 N–H and O–H groups in total. The lowest BCUT2D eigenvalue weighted by Gasteiger charge is -2.16. The molecule has 0 amide bonds. The van der Waals surface area contributed by atoms with Crippen molar-refractivity contribution in [3.63, 3.8) is 0 Å². The lowest BCUT2D eigenvalue weighted by Crippen LogP contribution is -2.15. The lowest BCUT2D eigenvalue weighted by molar-refractivity contribution is -0.103. The summed E-state index contributed by atoms with van der Waals surface area (Å²) in [6.45, 7) is 6.54. The summed E-state index contributed by atoms with van der Waals surface area (Å²) in [6, 6.07) is 0. The molecule has 0 aliphatic heterocycles. The quantitative estimate of drug-likeness (QED) is 0.594. The van der Waals surface area contributed by atoms with E-state index in [2.05, 4.69) is 6.92 Å². The molecule has 3 atom stereocenters. The average molecular weight is 204 g/mol. The fraction of sp³-hybridized carbons (Fsp3) is 1.00. The van der Waals surface area contributed by atoms with Gasteiger partial charge in [0.25, 0.3) is 0 Å². The predicted molar refractivity (Wildman–Crippen MR) is 56.9 cm³/mol. The van der Waals surface area contributed by atoms with Gasteiger partial charge in [-0.2, -0.15) is 0 Å². The van der Waals surface area contributed by atoms with Gasteiger partial charge in [0.05, 0.1) is 6.10 Å². The van der Waals surface area contributed by atoms with Crippen LogP contribution in [0.1, 0.15) is 46.5 Å². The standard InChI is InChI=1S/C11H24O3/c1-4-10(12)8-9(3)6-7-14-11(13)5-2/h9-13H,4-8H2,1-3H3/t9-,10?,11+/m1/s1. The number of ether oxygens (including phenoxy) is 1. The second-order valence-electron chi connectivity index (χ2n) is 3.93. The first-order valence-corrected chi connectivity index (χ1v) is 5.57. The molecule has 0 bridgehead atoms. The van der Waals surface area contributed by atoms with Crippen LogP contribution >= 0.6 is 0 Å². The molecule has 3 nitrogen and oxygen atoms in total. The molecule has 0 aromatic heterocycles. The molecule has 86 valence electrons. The first-order chi connectivity index (χ1) is 6.60. The van der Waals surface area contributed by atoms with E-state index in [4.69, 9.17) is 9.84 Å². The zero-order valence-electron chi connectivity index (χ0n) is 9.57. The Morgan fingerprint density at radius 3 is 2.29 bits per heavy atom. The minimum absolute atomic E-state index is 0.193. The number of aliphatic hydroxyl groups excluding tert-OH is 2. The molecule has 0 spiro atoms. The molecule has 0 rings (SSSR count). The van der Waals surface area contributed by atoms with Crippen molar-refractivity contribution in [3.05, 3.63) is 0 Å². The van der Waals surface area contributed by atoms with E-state index in [9.17, 15) is 5.11 Å². The number of aliphatic hydroxyl groups is 2. The highest BCUT2D eigenvalue weighted by molar-refractivity contribution is 4.59. The monoisotopic (exact) mass is 204 g/mol. The molecule has 0 aliphatic rings. The third kappa shape index (κ3) is 7.30. The molecular weight excluding hydrogens is 180 g/mol. The molecule has 1 unspecified atom stereocenters. The van der Waals surface area contributed by atoms with Crippen molar-refractivity contribution >= 4 is 0 Å². The molecule has 14 heavy (non-hydrogen) atoms. The Kier molecular flexibility index (Phi) is 8.14. The average Bonchev–Trinajstić information content (AvgIpc) is 2.17. The third-order valence-corrected chi connectivity index (χ3v) is 2.42. The van der Waals surface area contributed by atoms with Crippen molar-refractivity contribution in [1.29, 1.82) is 0 Å². The summed E-state index contributed by atoms with van der Waals surface area (Å²) in [5, 5.41) is 18.5. The zero-order valence-corrected chi connectivity index (χ0v) is 9.57. The Morgan fingerprint density at radius 1 is 1.14 bits per heavy atom. The van der Waals surface area contributed by atoms with Crippen LogP contribution < -0.4 is 0 Å². The fourth-order valence-electron chi connectivity index (χ4n) is 1.27. The molecule has 0 saturated heterocycles. The van der Waals surface area contributed by atoms with E-state index in [1.807, 2.05) is 13.8 Å². The summed E-state index contributed by atoms with van der Waals surface area (Å²) in [5.41, 5.74) is 0. The van der Waals surface area contributed by atoms with Crippen LogP contribution in [0, 0.1) is 5.92 Å².